The van der Waals surface area contributed by atoms with E-state index in [0.717, 1.165) is 12.7 Å². The van der Waals surface area contributed by atoms with Crippen LogP contribution in [-0.2, 0) is 19.1 Å². The Balaban J connectivity index is 2.27. The molecule has 0 saturated heterocycles. The fourth-order valence-electron chi connectivity index (χ4n) is 2.29. The van der Waals surface area contributed by atoms with Crippen molar-refractivity contribution in [3.63, 3.8) is 0 Å². The van der Waals surface area contributed by atoms with E-state index in [2.05, 4.69) is 20.1 Å². The molecule has 0 spiro atoms. The maximum absolute atomic E-state index is 12.3. The van der Waals surface area contributed by atoms with Gasteiger partial charge in [-0.05, 0) is 42.8 Å². The highest BCUT2D eigenvalue weighted by atomic mass is 16.5. The highest BCUT2D eigenvalue weighted by molar-refractivity contribution is 6.44. The predicted octanol–water partition coefficient (Wildman–Crippen LogP) is 1.85. The monoisotopic (exact) mass is 386 g/mol. The maximum Gasteiger partial charge on any atom is 0.339 e. The summed E-state index contributed by atoms with van der Waals surface area (Å²) in [5, 5.41) is 14.3. The second-order valence-corrected chi connectivity index (χ2v) is 5.67. The lowest BCUT2D eigenvalue weighted by Gasteiger charge is -2.12. The average molecular weight is 386 g/mol. The number of phenolic OH excluding ortho intramolecular Hbond substituents is 1. The van der Waals surface area contributed by atoms with Crippen molar-refractivity contribution in [2.75, 3.05) is 24.9 Å². The van der Waals surface area contributed by atoms with Crippen LogP contribution in [0, 0.1) is 6.92 Å². The summed E-state index contributed by atoms with van der Waals surface area (Å²) in [6.07, 6.45) is 0. The molecule has 0 aliphatic heterocycles. The van der Waals surface area contributed by atoms with Gasteiger partial charge in [-0.2, -0.15) is 0 Å². The number of hydrogen-bond donors (Lipinski definition) is 3. The summed E-state index contributed by atoms with van der Waals surface area (Å²) in [4.78, 5) is 48.0. The zero-order chi connectivity index (χ0) is 20.8. The van der Waals surface area contributed by atoms with Gasteiger partial charge in [0.25, 0.3) is 0 Å². The molecule has 2 aromatic carbocycles. The lowest BCUT2D eigenvalue weighted by molar-refractivity contribution is -0.133. The number of anilines is 2. The smallest absolute Gasteiger partial charge is 0.339 e. The number of ether oxygens (including phenoxy) is 2. The highest BCUT2D eigenvalue weighted by Gasteiger charge is 2.21. The van der Waals surface area contributed by atoms with Crippen LogP contribution in [0.5, 0.6) is 5.75 Å². The summed E-state index contributed by atoms with van der Waals surface area (Å²) < 4.78 is 9.23. The second kappa shape index (κ2) is 8.67. The summed E-state index contributed by atoms with van der Waals surface area (Å²) in [6.45, 7) is 1.75. The van der Waals surface area contributed by atoms with E-state index in [1.807, 2.05) is 0 Å². The van der Waals surface area contributed by atoms with Crippen LogP contribution >= 0.6 is 0 Å². The zero-order valence-electron chi connectivity index (χ0n) is 15.4. The molecule has 0 unspecified atom stereocenters. The molecule has 2 aromatic rings. The van der Waals surface area contributed by atoms with Gasteiger partial charge in [-0.15, -0.1) is 0 Å². The van der Waals surface area contributed by atoms with Gasteiger partial charge in [0.15, 0.2) is 0 Å². The Kier molecular flexibility index (Phi) is 6.33. The number of methoxy groups -OCH3 is 2. The van der Waals surface area contributed by atoms with Gasteiger partial charge in [-0.1, -0.05) is 6.07 Å². The van der Waals surface area contributed by atoms with Crippen molar-refractivity contribution in [2.45, 2.75) is 6.92 Å². The first-order chi connectivity index (χ1) is 13.3. The van der Waals surface area contributed by atoms with E-state index >= 15 is 0 Å². The molecule has 0 heterocycles. The Hall–Kier alpha value is -3.88. The largest absolute Gasteiger partial charge is 0.506 e. The van der Waals surface area contributed by atoms with E-state index in [1.165, 1.54) is 37.4 Å². The third-order valence-corrected chi connectivity index (χ3v) is 3.70. The Morgan fingerprint density at radius 2 is 1.43 bits per heavy atom. The van der Waals surface area contributed by atoms with E-state index < -0.39 is 23.8 Å². The van der Waals surface area contributed by atoms with E-state index in [-0.39, 0.29) is 28.3 Å². The molecule has 28 heavy (non-hydrogen) atoms. The van der Waals surface area contributed by atoms with Gasteiger partial charge < -0.3 is 25.2 Å². The molecule has 0 aliphatic carbocycles. The molecule has 0 fully saturated rings. The van der Waals surface area contributed by atoms with Crippen molar-refractivity contribution in [2.24, 2.45) is 0 Å². The van der Waals surface area contributed by atoms with Crippen molar-refractivity contribution in [1.29, 1.82) is 0 Å². The number of carbonyl (C=O) groups excluding carboxylic acids is 4. The average Bonchev–Trinajstić information content (AvgIpc) is 2.69. The summed E-state index contributed by atoms with van der Waals surface area (Å²) in [5.74, 6) is -3.88. The molecule has 0 saturated carbocycles. The zero-order valence-corrected chi connectivity index (χ0v) is 15.4. The van der Waals surface area contributed by atoms with Crippen LogP contribution in [-0.4, -0.2) is 43.1 Å². The molecule has 2 amide bonds. The van der Waals surface area contributed by atoms with Gasteiger partial charge in [0.1, 0.15) is 5.75 Å². The van der Waals surface area contributed by atoms with E-state index in [9.17, 15) is 24.3 Å². The van der Waals surface area contributed by atoms with Crippen LogP contribution < -0.4 is 10.6 Å². The topological polar surface area (TPSA) is 131 Å². The fourth-order valence-corrected chi connectivity index (χ4v) is 2.29. The summed E-state index contributed by atoms with van der Waals surface area (Å²) in [7, 11) is 2.33. The Labute approximate surface area is 160 Å². The van der Waals surface area contributed by atoms with Crippen LogP contribution in [0.1, 0.15) is 26.3 Å². The molecular formula is C19H18N2O7. The molecule has 0 radical (unpaired) electrons. The minimum atomic E-state index is -1.12. The molecule has 9 nitrogen and oxygen atoms in total. The number of hydrogen-bond acceptors (Lipinski definition) is 7. The summed E-state index contributed by atoms with van der Waals surface area (Å²) >= 11 is 0. The number of rotatable bonds is 4. The molecule has 0 aliphatic rings. The second-order valence-electron chi connectivity index (χ2n) is 5.67. The van der Waals surface area contributed by atoms with Crippen LogP contribution in [0.3, 0.4) is 0 Å². The molecule has 0 atom stereocenters. The van der Waals surface area contributed by atoms with Gasteiger partial charge in [0.05, 0.1) is 36.7 Å². The Morgan fingerprint density at radius 3 is 2.04 bits per heavy atom. The number of nitrogens with one attached hydrogen (secondary N) is 2. The van der Waals surface area contributed by atoms with E-state index in [1.54, 1.807) is 13.0 Å². The van der Waals surface area contributed by atoms with Gasteiger partial charge in [-0.25, -0.2) is 9.59 Å². The first-order valence-electron chi connectivity index (χ1n) is 7.99. The number of amides is 2. The molecule has 0 bridgehead atoms. The summed E-state index contributed by atoms with van der Waals surface area (Å²) in [6, 6.07) is 8.26. The Morgan fingerprint density at radius 1 is 0.821 bits per heavy atom. The fraction of sp³-hybridized carbons (Fsp3) is 0.158. The SMILES string of the molecule is COC(=O)c1ccc(C(=O)OC)c(NC(=O)C(=O)Nc2cc(C)ccc2O)c1. The van der Waals surface area contributed by atoms with Crippen molar-refractivity contribution in [3.8, 4) is 5.75 Å². The molecule has 9 heteroatoms. The summed E-state index contributed by atoms with van der Waals surface area (Å²) in [5.41, 5.74) is 0.698. The molecule has 146 valence electrons. The highest BCUT2D eigenvalue weighted by Crippen LogP contribution is 2.24. The van der Waals surface area contributed by atoms with E-state index in [4.69, 9.17) is 0 Å². The van der Waals surface area contributed by atoms with E-state index in [0.29, 0.717) is 0 Å². The third-order valence-electron chi connectivity index (χ3n) is 3.70. The number of aromatic hydroxyl groups is 1. The quantitative estimate of drug-likeness (QED) is 0.415. The third kappa shape index (κ3) is 4.64. The lowest BCUT2D eigenvalue weighted by Crippen LogP contribution is -2.30. The number of aryl methyl sites for hydroxylation is 1. The first-order valence-corrected chi connectivity index (χ1v) is 7.99. The number of phenols is 1. The first kappa shape index (κ1) is 20.4. The van der Waals surface area contributed by atoms with Crippen molar-refractivity contribution in [1.82, 2.24) is 0 Å². The normalized spacial score (nSPS) is 9.96. The number of carbonyl (C=O) groups is 4. The van der Waals surface area contributed by atoms with Crippen molar-refractivity contribution < 1.29 is 33.8 Å². The van der Waals surface area contributed by atoms with Gasteiger partial charge in [0, 0.05) is 0 Å². The van der Waals surface area contributed by atoms with Crippen LogP contribution in [0.2, 0.25) is 0 Å². The maximum atomic E-state index is 12.3. The van der Waals surface area contributed by atoms with Gasteiger partial charge in [0.2, 0.25) is 0 Å². The van der Waals surface area contributed by atoms with Crippen molar-refractivity contribution in [3.05, 3.63) is 53.1 Å². The molecular weight excluding hydrogens is 368 g/mol. The molecule has 2 rings (SSSR count). The van der Waals surface area contributed by atoms with Crippen LogP contribution in [0.15, 0.2) is 36.4 Å². The molecule has 3 N–H and O–H groups in total. The molecule has 0 aromatic heterocycles. The minimum Gasteiger partial charge on any atom is -0.506 e. The number of esters is 2. The Bertz CT molecular complexity index is 953. The standard InChI is InChI=1S/C19H18N2O7/c1-10-4-7-15(22)14(8-10)21-17(24)16(23)20-13-9-11(18(25)27-2)5-6-12(13)19(26)28-3/h4-9,22H,1-3H3,(H,20,23)(H,21,24). The van der Waals surface area contributed by atoms with Crippen LogP contribution in [0.4, 0.5) is 11.4 Å². The minimum absolute atomic E-state index is 0.0525. The van der Waals surface area contributed by atoms with Crippen LogP contribution in [0.25, 0.3) is 0 Å². The number of benzene rings is 2. The van der Waals surface area contributed by atoms with Gasteiger partial charge in [-0.3, -0.25) is 9.59 Å². The predicted molar refractivity (Wildman–Crippen MR) is 99.2 cm³/mol. The van der Waals surface area contributed by atoms with Crippen molar-refractivity contribution >= 4 is 35.1 Å². The van der Waals surface area contributed by atoms with Gasteiger partial charge >= 0.3 is 23.8 Å². The lowest BCUT2D eigenvalue weighted by atomic mass is 10.1.